The van der Waals surface area contributed by atoms with E-state index < -0.39 is 5.54 Å². The molecule has 2 aliphatic rings. The first kappa shape index (κ1) is 19.8. The van der Waals surface area contributed by atoms with Gasteiger partial charge in [0.25, 0.3) is 0 Å². The van der Waals surface area contributed by atoms with E-state index in [0.29, 0.717) is 6.42 Å². The zero-order valence-corrected chi connectivity index (χ0v) is 17.0. The summed E-state index contributed by atoms with van der Waals surface area (Å²) in [7, 11) is 2.06. The summed E-state index contributed by atoms with van der Waals surface area (Å²) in [6, 6.07) is 19.7. The van der Waals surface area contributed by atoms with Crippen LogP contribution in [0.2, 0.25) is 0 Å². The van der Waals surface area contributed by atoms with Gasteiger partial charge in [-0.05, 0) is 38.4 Å². The van der Waals surface area contributed by atoms with E-state index in [0.717, 1.165) is 50.0 Å². The number of nitrogens with zero attached hydrogens (tertiary/aromatic N) is 2. The molecule has 4 rings (SSSR count). The molecule has 2 heterocycles. The van der Waals surface area contributed by atoms with Gasteiger partial charge in [0.05, 0.1) is 0 Å². The first-order valence-electron chi connectivity index (χ1n) is 10.5. The van der Waals surface area contributed by atoms with Gasteiger partial charge < -0.3 is 10.2 Å². The summed E-state index contributed by atoms with van der Waals surface area (Å²) >= 11 is 0. The molecule has 29 heavy (non-hydrogen) atoms. The van der Waals surface area contributed by atoms with Gasteiger partial charge in [-0.25, -0.2) is 0 Å². The predicted molar refractivity (Wildman–Crippen MR) is 114 cm³/mol. The number of benzene rings is 2. The average Bonchev–Trinajstić information content (AvgIpc) is 3.01. The van der Waals surface area contributed by atoms with Crippen molar-refractivity contribution in [3.8, 4) is 0 Å². The third-order valence-electron chi connectivity index (χ3n) is 6.53. The van der Waals surface area contributed by atoms with Crippen LogP contribution in [0.15, 0.2) is 60.7 Å². The van der Waals surface area contributed by atoms with E-state index in [-0.39, 0.29) is 17.9 Å². The third-order valence-corrected chi connectivity index (χ3v) is 6.53. The number of piperidine rings is 1. The molecule has 0 saturated carbocycles. The Morgan fingerprint density at radius 1 is 1.03 bits per heavy atom. The largest absolute Gasteiger partial charge is 0.335 e. The van der Waals surface area contributed by atoms with Gasteiger partial charge in [0.1, 0.15) is 11.7 Å². The maximum atomic E-state index is 12.9. The highest BCUT2D eigenvalue weighted by atomic mass is 16.2. The number of carbonyl (C=O) groups excluding carboxylic acids is 2. The van der Waals surface area contributed by atoms with Crippen LogP contribution in [0.5, 0.6) is 0 Å². The number of amides is 1. The molecule has 0 unspecified atom stereocenters. The van der Waals surface area contributed by atoms with Crippen LogP contribution >= 0.6 is 0 Å². The summed E-state index contributed by atoms with van der Waals surface area (Å²) in [4.78, 5) is 29.8. The van der Waals surface area contributed by atoms with E-state index in [1.807, 2.05) is 48.5 Å². The Kier molecular flexibility index (Phi) is 5.79. The molecule has 2 fully saturated rings. The smallest absolute Gasteiger partial charge is 0.242 e. The molecule has 0 aromatic heterocycles. The lowest BCUT2D eigenvalue weighted by Gasteiger charge is -2.42. The molecule has 1 spiro atoms. The molecule has 0 bridgehead atoms. The first-order chi connectivity index (χ1) is 14.1. The Hall–Kier alpha value is -2.50. The lowest BCUT2D eigenvalue weighted by atomic mass is 9.86. The average molecular weight is 392 g/mol. The fourth-order valence-electron chi connectivity index (χ4n) is 4.66. The zero-order chi connectivity index (χ0) is 20.3. The van der Waals surface area contributed by atoms with Gasteiger partial charge in [-0.1, -0.05) is 60.7 Å². The van der Waals surface area contributed by atoms with Crippen LogP contribution in [0.3, 0.4) is 0 Å². The van der Waals surface area contributed by atoms with Crippen LogP contribution in [0.4, 0.5) is 0 Å². The number of carbonyl (C=O) groups is 2. The molecule has 5 nitrogen and oxygen atoms in total. The van der Waals surface area contributed by atoms with E-state index in [1.165, 1.54) is 0 Å². The van der Waals surface area contributed by atoms with Gasteiger partial charge >= 0.3 is 0 Å². The lowest BCUT2D eigenvalue weighted by Crippen LogP contribution is -2.55. The van der Waals surface area contributed by atoms with Gasteiger partial charge in [-0.15, -0.1) is 0 Å². The number of ketones is 1. The molecular weight excluding hydrogens is 362 g/mol. The second-order valence-corrected chi connectivity index (χ2v) is 8.16. The monoisotopic (exact) mass is 391 g/mol. The molecule has 2 aromatic carbocycles. The minimum absolute atomic E-state index is 0.0567. The molecule has 5 heteroatoms. The maximum absolute atomic E-state index is 12.9. The second kappa shape index (κ2) is 8.47. The maximum Gasteiger partial charge on any atom is 0.242 e. The number of rotatable bonds is 6. The minimum Gasteiger partial charge on any atom is -0.335 e. The van der Waals surface area contributed by atoms with E-state index in [2.05, 4.69) is 34.3 Å². The molecule has 2 aromatic rings. The highest BCUT2D eigenvalue weighted by Crippen LogP contribution is 2.38. The summed E-state index contributed by atoms with van der Waals surface area (Å²) in [5.41, 5.74) is 1.50. The van der Waals surface area contributed by atoms with Crippen LogP contribution in [-0.2, 0) is 4.79 Å². The van der Waals surface area contributed by atoms with E-state index in [1.54, 1.807) is 0 Å². The van der Waals surface area contributed by atoms with Crippen LogP contribution in [0, 0.1) is 0 Å². The van der Waals surface area contributed by atoms with Crippen molar-refractivity contribution in [3.05, 3.63) is 71.8 Å². The van der Waals surface area contributed by atoms with Crippen molar-refractivity contribution in [2.45, 2.75) is 37.4 Å². The van der Waals surface area contributed by atoms with Crippen molar-refractivity contribution in [1.82, 2.24) is 15.1 Å². The highest BCUT2D eigenvalue weighted by molar-refractivity contribution is 5.95. The lowest BCUT2D eigenvalue weighted by molar-refractivity contribution is -0.128. The zero-order valence-electron chi connectivity index (χ0n) is 17.0. The van der Waals surface area contributed by atoms with Crippen molar-refractivity contribution >= 4 is 11.7 Å². The van der Waals surface area contributed by atoms with Gasteiger partial charge in [0.15, 0.2) is 5.78 Å². The summed E-state index contributed by atoms with van der Waals surface area (Å²) in [5.74, 6) is 0.354. The summed E-state index contributed by atoms with van der Waals surface area (Å²) in [6.45, 7) is 2.68. The Morgan fingerprint density at radius 2 is 1.66 bits per heavy atom. The van der Waals surface area contributed by atoms with E-state index >= 15 is 0 Å². The fourth-order valence-corrected chi connectivity index (χ4v) is 4.66. The van der Waals surface area contributed by atoms with E-state index in [4.69, 9.17) is 0 Å². The van der Waals surface area contributed by atoms with Crippen LogP contribution in [0.1, 0.15) is 47.8 Å². The molecule has 1 amide bonds. The van der Waals surface area contributed by atoms with Gasteiger partial charge in [0, 0.05) is 25.1 Å². The number of likely N-dealkylation sites (tertiary alicyclic amines) is 1. The van der Waals surface area contributed by atoms with Gasteiger partial charge in [0.2, 0.25) is 5.91 Å². The quantitative estimate of drug-likeness (QED) is 0.768. The van der Waals surface area contributed by atoms with Crippen molar-refractivity contribution in [2.24, 2.45) is 0 Å². The van der Waals surface area contributed by atoms with E-state index in [9.17, 15) is 9.59 Å². The first-order valence-corrected chi connectivity index (χ1v) is 10.5. The molecule has 1 atom stereocenters. The summed E-state index contributed by atoms with van der Waals surface area (Å²) in [5, 5.41) is 3.20. The Labute approximate surface area is 172 Å². The minimum atomic E-state index is -0.420. The number of nitrogens with one attached hydrogen (secondary N) is 1. The van der Waals surface area contributed by atoms with Crippen molar-refractivity contribution in [2.75, 3.05) is 26.7 Å². The second-order valence-electron chi connectivity index (χ2n) is 8.16. The molecule has 152 valence electrons. The Morgan fingerprint density at radius 3 is 2.31 bits per heavy atom. The van der Waals surface area contributed by atoms with Gasteiger partial charge in [-0.3, -0.25) is 14.5 Å². The van der Waals surface area contributed by atoms with Crippen LogP contribution in [0.25, 0.3) is 0 Å². The number of hydrogen-bond acceptors (Lipinski definition) is 4. The Bertz CT molecular complexity index is 845. The van der Waals surface area contributed by atoms with Crippen LogP contribution in [-0.4, -0.2) is 53.7 Å². The van der Waals surface area contributed by atoms with Crippen LogP contribution < -0.4 is 5.32 Å². The number of hydrogen-bond donors (Lipinski definition) is 1. The molecular formula is C24H29N3O2. The molecule has 1 N–H and O–H groups in total. The normalized spacial score (nSPS) is 22.0. The van der Waals surface area contributed by atoms with Crippen molar-refractivity contribution in [1.29, 1.82) is 0 Å². The van der Waals surface area contributed by atoms with Gasteiger partial charge in [-0.2, -0.15) is 0 Å². The van der Waals surface area contributed by atoms with Crippen molar-refractivity contribution < 1.29 is 9.59 Å². The van der Waals surface area contributed by atoms with Crippen molar-refractivity contribution in [3.63, 3.8) is 0 Å². The summed E-state index contributed by atoms with van der Waals surface area (Å²) in [6.07, 6.45) is 3.02. The third kappa shape index (κ3) is 3.98. The highest BCUT2D eigenvalue weighted by Gasteiger charge is 2.52. The standard InChI is InChI=1S/C24H29N3O2/c1-26-22(20-11-6-3-7-12-20)25-23(29)24(26)14-17-27(18-15-24)16-8-13-21(28)19-9-4-2-5-10-19/h2-7,9-12,22H,8,13-18H2,1H3,(H,25,29)/t22-/m0/s1. The molecule has 0 aliphatic carbocycles. The molecule has 2 saturated heterocycles. The fraction of sp³-hybridized carbons (Fsp3) is 0.417. The Balaban J connectivity index is 1.30. The summed E-state index contributed by atoms with van der Waals surface area (Å²) < 4.78 is 0. The number of Topliss-reactive ketones (excluding diaryl/α,β-unsaturated/α-hetero) is 1. The SMILES string of the molecule is CN1[C@@H](c2ccccc2)NC(=O)C12CCN(CCCC(=O)c1ccccc1)CC2. The molecule has 2 aliphatic heterocycles. The topological polar surface area (TPSA) is 52.7 Å². The molecule has 0 radical (unpaired) electrons. The predicted octanol–water partition coefficient (Wildman–Crippen LogP) is 3.24. The number of likely N-dealkylation sites (N-methyl/N-ethyl adjacent to an activating group) is 1.